The van der Waals surface area contributed by atoms with E-state index in [2.05, 4.69) is 241 Å². The number of anilines is 3. The summed E-state index contributed by atoms with van der Waals surface area (Å²) in [5, 5.41) is 2.68. The van der Waals surface area contributed by atoms with Gasteiger partial charge in [-0.3, -0.25) is 0 Å². The van der Waals surface area contributed by atoms with Gasteiger partial charge in [-0.15, -0.1) is 11.3 Å². The molecule has 1 heterocycles. The predicted molar refractivity (Wildman–Crippen MR) is 267 cm³/mol. The molecule has 0 saturated heterocycles. The standard InChI is InChI=1S/C61H39NS/c1-3-15-40(16-4-1)42-27-33-45(34-28-42)62(46-35-29-43(30-36-46)41-17-5-2-6-18-41)47-37-31-44(32-38-47)52-39-56-58(59-51-22-10-14-26-57(51)63-60(52)59)50-21-9-13-25-55(50)61(56)53-23-11-7-19-48(53)49-20-8-12-24-54(49)61/h1-39H. The van der Waals surface area contributed by atoms with Gasteiger partial charge < -0.3 is 4.90 Å². The molecular weight excluding hydrogens is 779 g/mol. The zero-order chi connectivity index (χ0) is 41.5. The molecule has 0 radical (unpaired) electrons. The van der Waals surface area contributed by atoms with Gasteiger partial charge in [-0.05, 0) is 126 Å². The number of hydrogen-bond acceptors (Lipinski definition) is 2. The van der Waals surface area contributed by atoms with E-state index in [1.54, 1.807) is 0 Å². The molecule has 11 aromatic rings. The van der Waals surface area contributed by atoms with Crippen molar-refractivity contribution in [3.05, 3.63) is 259 Å². The molecule has 0 aliphatic heterocycles. The van der Waals surface area contributed by atoms with Crippen LogP contribution in [0, 0.1) is 0 Å². The molecule has 1 spiro atoms. The lowest BCUT2D eigenvalue weighted by Gasteiger charge is -2.31. The molecular formula is C61H39NS. The quantitative estimate of drug-likeness (QED) is 0.162. The fraction of sp³-hybridized carbons (Fsp3) is 0.0164. The maximum Gasteiger partial charge on any atom is 0.0725 e. The van der Waals surface area contributed by atoms with E-state index >= 15 is 0 Å². The van der Waals surface area contributed by atoms with Crippen LogP contribution in [0.1, 0.15) is 22.3 Å². The second-order valence-electron chi connectivity index (χ2n) is 16.7. The average Bonchev–Trinajstić information content (AvgIpc) is 3.99. The molecule has 0 N–H and O–H groups in total. The zero-order valence-corrected chi connectivity index (χ0v) is 35.2. The number of rotatable bonds is 6. The zero-order valence-electron chi connectivity index (χ0n) is 34.4. The second kappa shape index (κ2) is 14.1. The highest BCUT2D eigenvalue weighted by Crippen LogP contribution is 2.65. The van der Waals surface area contributed by atoms with Gasteiger partial charge >= 0.3 is 0 Å². The first-order valence-electron chi connectivity index (χ1n) is 21.8. The summed E-state index contributed by atoms with van der Waals surface area (Å²) in [6.07, 6.45) is 0. The van der Waals surface area contributed by atoms with Crippen molar-refractivity contribution in [1.29, 1.82) is 0 Å². The van der Waals surface area contributed by atoms with Gasteiger partial charge in [-0.1, -0.05) is 188 Å². The van der Waals surface area contributed by atoms with Crippen LogP contribution in [0.2, 0.25) is 0 Å². The Kier molecular flexibility index (Phi) is 8.06. The van der Waals surface area contributed by atoms with Gasteiger partial charge in [0.05, 0.1) is 5.41 Å². The highest BCUT2D eigenvalue weighted by atomic mass is 32.1. The molecule has 0 unspecified atom stereocenters. The third kappa shape index (κ3) is 5.35. The number of thiophene rings is 1. The molecule has 0 bridgehead atoms. The molecule has 0 saturated carbocycles. The summed E-state index contributed by atoms with van der Waals surface area (Å²) < 4.78 is 2.65. The highest BCUT2D eigenvalue weighted by Gasteiger charge is 2.52. The highest BCUT2D eigenvalue weighted by molar-refractivity contribution is 7.26. The first-order chi connectivity index (χ1) is 31.3. The SMILES string of the molecule is c1ccc(-c2ccc(N(c3ccc(-c4ccccc4)cc3)c3ccc(-c4cc5c(c6c4sc4ccccc46)-c4ccccc4C54c5ccccc5-c5ccccc54)cc3)cc2)cc1. The van der Waals surface area contributed by atoms with Gasteiger partial charge in [0, 0.05) is 37.2 Å². The lowest BCUT2D eigenvalue weighted by Crippen LogP contribution is -2.25. The first kappa shape index (κ1) is 35.9. The largest absolute Gasteiger partial charge is 0.311 e. The molecule has 63 heavy (non-hydrogen) atoms. The molecule has 0 amide bonds. The van der Waals surface area contributed by atoms with Crippen molar-refractivity contribution in [2.45, 2.75) is 5.41 Å². The lowest BCUT2D eigenvalue weighted by molar-refractivity contribution is 0.795. The Labute approximate surface area is 371 Å². The summed E-state index contributed by atoms with van der Waals surface area (Å²) in [6.45, 7) is 0. The van der Waals surface area contributed by atoms with E-state index < -0.39 is 5.41 Å². The van der Waals surface area contributed by atoms with Crippen LogP contribution in [-0.4, -0.2) is 0 Å². The van der Waals surface area contributed by atoms with Crippen LogP contribution >= 0.6 is 11.3 Å². The minimum atomic E-state index is -0.431. The number of benzene rings is 10. The van der Waals surface area contributed by atoms with Gasteiger partial charge in [-0.2, -0.15) is 0 Å². The number of hydrogen-bond donors (Lipinski definition) is 0. The minimum absolute atomic E-state index is 0.431. The Morgan fingerprint density at radius 3 is 1.27 bits per heavy atom. The van der Waals surface area contributed by atoms with Gasteiger partial charge in [0.15, 0.2) is 0 Å². The van der Waals surface area contributed by atoms with Gasteiger partial charge in [-0.25, -0.2) is 0 Å². The summed E-state index contributed by atoms with van der Waals surface area (Å²) in [7, 11) is 0. The van der Waals surface area contributed by atoms with Crippen LogP contribution in [0.3, 0.4) is 0 Å². The Balaban J connectivity index is 1.01. The molecule has 2 aliphatic carbocycles. The van der Waals surface area contributed by atoms with Crippen LogP contribution in [0.4, 0.5) is 17.1 Å². The van der Waals surface area contributed by atoms with E-state index in [0.29, 0.717) is 0 Å². The molecule has 10 aromatic carbocycles. The fourth-order valence-corrected chi connectivity index (χ4v) is 12.0. The average molecular weight is 818 g/mol. The van der Waals surface area contributed by atoms with Crippen LogP contribution in [0.15, 0.2) is 237 Å². The normalized spacial score (nSPS) is 12.9. The van der Waals surface area contributed by atoms with Crippen molar-refractivity contribution in [2.24, 2.45) is 0 Å². The molecule has 1 nitrogen and oxygen atoms in total. The molecule has 0 atom stereocenters. The molecule has 294 valence electrons. The van der Waals surface area contributed by atoms with E-state index in [1.807, 2.05) is 11.3 Å². The summed E-state index contributed by atoms with van der Waals surface area (Å²) in [6, 6.07) is 87.4. The van der Waals surface area contributed by atoms with Crippen molar-refractivity contribution in [2.75, 3.05) is 4.90 Å². The van der Waals surface area contributed by atoms with Crippen LogP contribution < -0.4 is 4.90 Å². The maximum atomic E-state index is 2.56. The Bertz CT molecular complexity index is 3400. The summed E-state index contributed by atoms with van der Waals surface area (Å²) >= 11 is 1.92. The maximum absolute atomic E-state index is 2.56. The van der Waals surface area contributed by atoms with Crippen LogP contribution in [0.5, 0.6) is 0 Å². The Morgan fingerprint density at radius 2 is 0.730 bits per heavy atom. The van der Waals surface area contributed by atoms with Gasteiger partial charge in [0.1, 0.15) is 0 Å². The minimum Gasteiger partial charge on any atom is -0.311 e. The smallest absolute Gasteiger partial charge is 0.0725 e. The Morgan fingerprint density at radius 1 is 0.317 bits per heavy atom. The van der Waals surface area contributed by atoms with E-state index in [0.717, 1.165) is 17.1 Å². The van der Waals surface area contributed by atoms with Gasteiger partial charge in [0.2, 0.25) is 0 Å². The molecule has 1 aromatic heterocycles. The predicted octanol–water partition coefficient (Wildman–Crippen LogP) is 16.9. The van der Waals surface area contributed by atoms with Crippen LogP contribution in [-0.2, 0) is 5.41 Å². The summed E-state index contributed by atoms with van der Waals surface area (Å²) in [5.41, 5.74) is 21.0. The number of fused-ring (bicyclic) bond motifs is 14. The second-order valence-corrected chi connectivity index (χ2v) is 17.8. The third-order valence-electron chi connectivity index (χ3n) is 13.5. The molecule has 13 rings (SSSR count). The van der Waals surface area contributed by atoms with E-state index in [1.165, 1.54) is 98.1 Å². The number of nitrogens with zero attached hydrogens (tertiary/aromatic N) is 1. The summed E-state index contributed by atoms with van der Waals surface area (Å²) in [4.78, 5) is 2.38. The topological polar surface area (TPSA) is 3.24 Å². The van der Waals surface area contributed by atoms with E-state index in [9.17, 15) is 0 Å². The molecule has 2 heteroatoms. The lowest BCUT2D eigenvalue weighted by atomic mass is 9.70. The van der Waals surface area contributed by atoms with Crippen molar-refractivity contribution in [3.8, 4) is 55.6 Å². The van der Waals surface area contributed by atoms with Crippen molar-refractivity contribution in [3.63, 3.8) is 0 Å². The fourth-order valence-electron chi connectivity index (χ4n) is 10.8. The van der Waals surface area contributed by atoms with Gasteiger partial charge in [0.25, 0.3) is 0 Å². The van der Waals surface area contributed by atoms with Crippen molar-refractivity contribution >= 4 is 48.6 Å². The monoisotopic (exact) mass is 817 g/mol. The summed E-state index contributed by atoms with van der Waals surface area (Å²) in [5.74, 6) is 0. The Hall–Kier alpha value is -7.78. The van der Waals surface area contributed by atoms with Crippen molar-refractivity contribution < 1.29 is 0 Å². The third-order valence-corrected chi connectivity index (χ3v) is 14.7. The van der Waals surface area contributed by atoms with E-state index in [4.69, 9.17) is 0 Å². The van der Waals surface area contributed by atoms with Crippen LogP contribution in [0.25, 0.3) is 75.8 Å². The first-order valence-corrected chi connectivity index (χ1v) is 22.6. The molecule has 0 fully saturated rings. The van der Waals surface area contributed by atoms with E-state index in [-0.39, 0.29) is 0 Å². The molecule has 2 aliphatic rings. The van der Waals surface area contributed by atoms with Crippen molar-refractivity contribution in [1.82, 2.24) is 0 Å².